The second-order valence-corrected chi connectivity index (χ2v) is 12.7. The van der Waals surface area contributed by atoms with Gasteiger partial charge in [-0.2, -0.15) is 0 Å². The van der Waals surface area contributed by atoms with E-state index in [2.05, 4.69) is 26.5 Å². The molecule has 2 aromatic carbocycles. The van der Waals surface area contributed by atoms with Gasteiger partial charge in [-0.25, -0.2) is 14.2 Å². The van der Waals surface area contributed by atoms with Crippen LogP contribution in [0.2, 0.25) is 0 Å². The summed E-state index contributed by atoms with van der Waals surface area (Å²) in [5.74, 6) is 1.36. The molecule has 230 valence electrons. The summed E-state index contributed by atoms with van der Waals surface area (Å²) >= 11 is 5.92. The number of hydrogen-bond donors (Lipinski definition) is 1. The van der Waals surface area contributed by atoms with E-state index < -0.39 is 11.6 Å². The van der Waals surface area contributed by atoms with Crippen LogP contribution < -0.4 is 11.3 Å². The summed E-state index contributed by atoms with van der Waals surface area (Å²) in [6.45, 7) is 6.43. The van der Waals surface area contributed by atoms with Crippen molar-refractivity contribution in [2.24, 2.45) is 11.8 Å². The van der Waals surface area contributed by atoms with Crippen LogP contribution in [0.15, 0.2) is 56.6 Å². The molecule has 8 nitrogen and oxygen atoms in total. The number of aromatic amines is 1. The maximum absolute atomic E-state index is 14.3. The van der Waals surface area contributed by atoms with Crippen molar-refractivity contribution < 1.29 is 8.91 Å². The molecule has 0 bridgehead atoms. The van der Waals surface area contributed by atoms with Gasteiger partial charge in [0, 0.05) is 42.8 Å². The Hall–Kier alpha value is -3.92. The summed E-state index contributed by atoms with van der Waals surface area (Å²) in [5, 5.41) is 3.78. The summed E-state index contributed by atoms with van der Waals surface area (Å²) < 4.78 is 20.7. The lowest BCUT2D eigenvalue weighted by Gasteiger charge is -2.22. The molecule has 1 saturated heterocycles. The molecule has 10 heteroatoms. The summed E-state index contributed by atoms with van der Waals surface area (Å²) in [7, 11) is 0. The number of fused-ring (bicyclic) bond motifs is 1. The molecular formula is C34H38FN5O3S. The third-order valence-corrected chi connectivity index (χ3v) is 9.64. The van der Waals surface area contributed by atoms with E-state index in [1.807, 2.05) is 31.2 Å². The maximum atomic E-state index is 14.3. The first-order valence-corrected chi connectivity index (χ1v) is 16.0. The van der Waals surface area contributed by atoms with Gasteiger partial charge in [0.05, 0.1) is 11.5 Å². The zero-order chi connectivity index (χ0) is 30.8. The second kappa shape index (κ2) is 13.0. The normalized spacial score (nSPS) is 18.0. The molecule has 2 unspecified atom stereocenters. The second-order valence-electron chi connectivity index (χ2n) is 12.2. The number of hydrogen-bond acceptors (Lipinski definition) is 6. The SMILES string of the molecule is CCCCc1nc(C)c(CC(=S)N2CC3CCCCC3C2)c(=O)n1Cc1ccc(-c2cc(F)ccc2-c2noc(=O)[nH]2)cc1. The number of thiocarbonyl (C=S) groups is 1. The Kier molecular flexibility index (Phi) is 8.88. The predicted octanol–water partition coefficient (Wildman–Crippen LogP) is 6.08. The van der Waals surface area contributed by atoms with Crippen molar-refractivity contribution in [3.8, 4) is 22.5 Å². The van der Waals surface area contributed by atoms with Crippen LogP contribution in [0.25, 0.3) is 22.5 Å². The van der Waals surface area contributed by atoms with E-state index >= 15 is 0 Å². The van der Waals surface area contributed by atoms with Crippen LogP contribution in [0, 0.1) is 24.6 Å². The lowest BCUT2D eigenvalue weighted by molar-refractivity contribution is 0.299. The molecule has 0 spiro atoms. The summed E-state index contributed by atoms with van der Waals surface area (Å²) in [6.07, 6.45) is 8.26. The number of aromatic nitrogens is 4. The van der Waals surface area contributed by atoms with Gasteiger partial charge in [0.1, 0.15) is 11.6 Å². The Morgan fingerprint density at radius 3 is 2.45 bits per heavy atom. The Balaban J connectivity index is 1.27. The van der Waals surface area contributed by atoms with Gasteiger partial charge in [0.2, 0.25) is 0 Å². The Bertz CT molecular complexity index is 1760. The number of nitrogens with zero attached hydrogens (tertiary/aromatic N) is 4. The van der Waals surface area contributed by atoms with Crippen LogP contribution in [0.5, 0.6) is 0 Å². The van der Waals surface area contributed by atoms with Gasteiger partial charge in [-0.05, 0) is 72.9 Å². The van der Waals surface area contributed by atoms with Gasteiger partial charge in [-0.3, -0.25) is 18.9 Å². The fourth-order valence-electron chi connectivity index (χ4n) is 6.80. The number of likely N-dealkylation sites (tertiary alicyclic amines) is 1. The molecule has 2 fully saturated rings. The number of rotatable bonds is 9. The van der Waals surface area contributed by atoms with Gasteiger partial charge < -0.3 is 4.90 Å². The van der Waals surface area contributed by atoms with Crippen molar-refractivity contribution in [3.05, 3.63) is 91.8 Å². The fourth-order valence-corrected chi connectivity index (χ4v) is 7.09. The largest absolute Gasteiger partial charge is 0.439 e. The third kappa shape index (κ3) is 6.31. The van der Waals surface area contributed by atoms with Crippen LogP contribution in [-0.4, -0.2) is 42.7 Å². The van der Waals surface area contributed by atoms with Crippen LogP contribution >= 0.6 is 12.2 Å². The number of H-pyrrole nitrogens is 1. The molecule has 44 heavy (non-hydrogen) atoms. The minimum atomic E-state index is -0.680. The monoisotopic (exact) mass is 615 g/mol. The number of unbranched alkanes of at least 4 members (excludes halogenated alkanes) is 1. The van der Waals surface area contributed by atoms with Crippen LogP contribution in [0.1, 0.15) is 68.1 Å². The van der Waals surface area contributed by atoms with Crippen molar-refractivity contribution in [3.63, 3.8) is 0 Å². The van der Waals surface area contributed by atoms with Gasteiger partial charge in [-0.1, -0.05) is 67.8 Å². The summed E-state index contributed by atoms with van der Waals surface area (Å²) in [5.41, 5.74) is 4.17. The van der Waals surface area contributed by atoms with E-state index in [1.54, 1.807) is 10.6 Å². The van der Waals surface area contributed by atoms with Crippen molar-refractivity contribution in [1.82, 2.24) is 24.6 Å². The fraction of sp³-hybridized carbons (Fsp3) is 0.441. The minimum Gasteiger partial charge on any atom is -0.365 e. The first-order valence-electron chi connectivity index (χ1n) is 15.6. The van der Waals surface area contributed by atoms with E-state index in [1.165, 1.54) is 37.8 Å². The minimum absolute atomic E-state index is 0.0333. The van der Waals surface area contributed by atoms with Crippen LogP contribution in [-0.2, 0) is 19.4 Å². The van der Waals surface area contributed by atoms with Crippen LogP contribution in [0.3, 0.4) is 0 Å². The Morgan fingerprint density at radius 1 is 1.07 bits per heavy atom. The molecule has 3 heterocycles. The van der Waals surface area contributed by atoms with Gasteiger partial charge in [0.25, 0.3) is 5.56 Å². The molecule has 2 aromatic heterocycles. The molecule has 2 atom stereocenters. The maximum Gasteiger partial charge on any atom is 0.439 e. The first kappa shape index (κ1) is 30.1. The predicted molar refractivity (Wildman–Crippen MR) is 172 cm³/mol. The first-order chi connectivity index (χ1) is 21.3. The lowest BCUT2D eigenvalue weighted by Crippen LogP contribution is -2.35. The molecule has 1 saturated carbocycles. The molecule has 2 aliphatic rings. The molecular weight excluding hydrogens is 577 g/mol. The standard InChI is InChI=1S/C34H38FN5O3S/c1-3-4-9-30-36-21(2)28(17-31(44)39-19-24-7-5-6-8-25(24)20-39)33(41)40(30)18-22-10-12-23(13-11-22)29-16-26(35)14-15-27(29)32-37-34(42)43-38-32/h10-16,24-25H,3-9,17-20H2,1-2H3,(H,37,38,42). The molecule has 1 aliphatic heterocycles. The highest BCUT2D eigenvalue weighted by atomic mass is 32.1. The van der Waals surface area contributed by atoms with Gasteiger partial charge in [0.15, 0.2) is 5.82 Å². The smallest absolute Gasteiger partial charge is 0.365 e. The van der Waals surface area contributed by atoms with Crippen molar-refractivity contribution in [2.75, 3.05) is 13.1 Å². The number of benzene rings is 2. The highest BCUT2D eigenvalue weighted by molar-refractivity contribution is 7.80. The third-order valence-electron chi connectivity index (χ3n) is 9.24. The quantitative estimate of drug-likeness (QED) is 0.228. The zero-order valence-corrected chi connectivity index (χ0v) is 26.1. The lowest BCUT2D eigenvalue weighted by atomic mass is 9.82. The number of aryl methyl sites for hydroxylation is 2. The van der Waals surface area contributed by atoms with E-state index in [0.717, 1.165) is 65.4 Å². The zero-order valence-electron chi connectivity index (χ0n) is 25.3. The van der Waals surface area contributed by atoms with Gasteiger partial charge in [-0.15, -0.1) is 0 Å². The number of nitrogens with one attached hydrogen (secondary N) is 1. The van der Waals surface area contributed by atoms with Crippen molar-refractivity contribution >= 4 is 17.2 Å². The average molecular weight is 616 g/mol. The van der Waals surface area contributed by atoms with Crippen molar-refractivity contribution in [1.29, 1.82) is 0 Å². The Labute approximate surface area is 261 Å². The molecule has 0 radical (unpaired) electrons. The number of halogens is 1. The van der Waals surface area contributed by atoms with Crippen molar-refractivity contribution in [2.45, 2.75) is 71.8 Å². The highest BCUT2D eigenvalue weighted by Crippen LogP contribution is 2.36. The molecule has 1 N–H and O–H groups in total. The summed E-state index contributed by atoms with van der Waals surface area (Å²) in [6, 6.07) is 11.9. The molecule has 1 aliphatic carbocycles. The average Bonchev–Trinajstić information content (AvgIpc) is 3.66. The molecule has 4 aromatic rings. The van der Waals surface area contributed by atoms with E-state index in [4.69, 9.17) is 17.2 Å². The topological polar surface area (TPSA) is 97.0 Å². The van der Waals surface area contributed by atoms with Crippen LogP contribution in [0.4, 0.5) is 4.39 Å². The van der Waals surface area contributed by atoms with E-state index in [-0.39, 0.29) is 11.4 Å². The molecule has 0 amide bonds. The van der Waals surface area contributed by atoms with Gasteiger partial charge >= 0.3 is 5.76 Å². The molecule has 6 rings (SSSR count). The van der Waals surface area contributed by atoms with E-state index in [9.17, 15) is 14.0 Å². The summed E-state index contributed by atoms with van der Waals surface area (Å²) in [4.78, 5) is 36.3. The Morgan fingerprint density at radius 2 is 1.80 bits per heavy atom. The highest BCUT2D eigenvalue weighted by Gasteiger charge is 2.35. The van der Waals surface area contributed by atoms with E-state index in [0.29, 0.717) is 36.1 Å².